The molecule has 4 rings (SSSR count). The summed E-state index contributed by atoms with van der Waals surface area (Å²) in [6, 6.07) is 16.3. The van der Waals surface area contributed by atoms with Crippen molar-refractivity contribution >= 4 is 28.2 Å². The number of hydrogen-bond donors (Lipinski definition) is 2. The minimum Gasteiger partial charge on any atom is -0.384 e. The van der Waals surface area contributed by atoms with E-state index in [2.05, 4.69) is 69.8 Å². The molecule has 7 heteroatoms. The van der Waals surface area contributed by atoms with E-state index in [0.29, 0.717) is 0 Å². The summed E-state index contributed by atoms with van der Waals surface area (Å²) in [5.41, 5.74) is 4.99. The molecule has 0 aliphatic heterocycles. The van der Waals surface area contributed by atoms with Crippen molar-refractivity contribution in [1.82, 2.24) is 24.6 Å². The van der Waals surface area contributed by atoms with Crippen LogP contribution in [0.25, 0.3) is 16.7 Å². The largest absolute Gasteiger partial charge is 0.384 e. The highest BCUT2D eigenvalue weighted by Gasteiger charge is 2.12. The minimum atomic E-state index is 0.748. The quantitative estimate of drug-likeness (QED) is 0.502. The zero-order chi connectivity index (χ0) is 20.2. The smallest absolute Gasteiger partial charge is 0.168 e. The van der Waals surface area contributed by atoms with E-state index in [4.69, 9.17) is 0 Å². The van der Waals surface area contributed by atoms with Gasteiger partial charge in [-0.05, 0) is 56.9 Å². The minimum absolute atomic E-state index is 0.748. The summed E-state index contributed by atoms with van der Waals surface area (Å²) in [6.07, 6.45) is 3.37. The molecule has 148 valence electrons. The van der Waals surface area contributed by atoms with Crippen LogP contribution in [-0.2, 0) is 0 Å². The van der Waals surface area contributed by atoms with Crippen molar-refractivity contribution in [1.29, 1.82) is 0 Å². The van der Waals surface area contributed by atoms with Crippen LogP contribution in [0.4, 0.5) is 17.2 Å². The fourth-order valence-corrected chi connectivity index (χ4v) is 3.12. The third-order valence-electron chi connectivity index (χ3n) is 4.76. The Morgan fingerprint density at radius 1 is 1.00 bits per heavy atom. The van der Waals surface area contributed by atoms with E-state index < -0.39 is 0 Å². The van der Waals surface area contributed by atoms with Crippen LogP contribution in [0.3, 0.4) is 0 Å². The first-order valence-electron chi connectivity index (χ1n) is 9.62. The number of fused-ring (bicyclic) bond motifs is 1. The lowest BCUT2D eigenvalue weighted by Gasteiger charge is -2.12. The number of aryl methyl sites for hydroxylation is 1. The molecule has 0 bridgehead atoms. The van der Waals surface area contributed by atoms with Crippen molar-refractivity contribution < 1.29 is 0 Å². The number of anilines is 3. The van der Waals surface area contributed by atoms with Gasteiger partial charge in [0.15, 0.2) is 5.65 Å². The molecule has 0 amide bonds. The van der Waals surface area contributed by atoms with E-state index in [0.717, 1.165) is 52.6 Å². The summed E-state index contributed by atoms with van der Waals surface area (Å²) in [5, 5.41) is 12.3. The number of benzene rings is 2. The Hall–Kier alpha value is -3.45. The van der Waals surface area contributed by atoms with Crippen LogP contribution in [0.2, 0.25) is 0 Å². The molecule has 0 saturated heterocycles. The van der Waals surface area contributed by atoms with Gasteiger partial charge in [0, 0.05) is 24.5 Å². The molecule has 0 spiro atoms. The van der Waals surface area contributed by atoms with Gasteiger partial charge in [-0.15, -0.1) is 0 Å². The number of para-hydroxylation sites is 1. The first kappa shape index (κ1) is 18.9. The summed E-state index contributed by atoms with van der Waals surface area (Å²) < 4.78 is 1.84. The average Bonchev–Trinajstić information content (AvgIpc) is 3.15. The van der Waals surface area contributed by atoms with E-state index in [1.807, 2.05) is 35.0 Å². The Bertz CT molecular complexity index is 1100. The van der Waals surface area contributed by atoms with Gasteiger partial charge in [0.05, 0.1) is 17.3 Å². The van der Waals surface area contributed by atoms with E-state index >= 15 is 0 Å². The van der Waals surface area contributed by atoms with Crippen molar-refractivity contribution in [3.8, 4) is 5.69 Å². The molecule has 0 unspecified atom stereocenters. The highest BCUT2D eigenvalue weighted by atomic mass is 15.3. The molecule has 0 radical (unpaired) electrons. The second kappa shape index (κ2) is 8.28. The Morgan fingerprint density at radius 3 is 2.55 bits per heavy atom. The SMILES string of the molecule is Cc1ccccc1Nc1ncnc2c1cnn2-c1ccc(NCCN(C)C)cc1. The average molecular weight is 387 g/mol. The number of nitrogens with zero attached hydrogens (tertiary/aromatic N) is 5. The molecule has 4 aromatic rings. The summed E-state index contributed by atoms with van der Waals surface area (Å²) >= 11 is 0. The number of rotatable bonds is 7. The van der Waals surface area contributed by atoms with Crippen LogP contribution < -0.4 is 10.6 Å². The standard InChI is InChI=1S/C22H25N7/c1-16-6-4-5-7-20(16)27-21-19-14-26-29(22(19)25-15-24-21)18-10-8-17(9-11-18)23-12-13-28(2)3/h4-11,14-15,23H,12-13H2,1-3H3,(H,24,25,27). The van der Waals surface area contributed by atoms with Gasteiger partial charge in [0.2, 0.25) is 0 Å². The highest BCUT2D eigenvalue weighted by Crippen LogP contribution is 2.26. The molecule has 2 heterocycles. The molecular formula is C22H25N7. The first-order valence-corrected chi connectivity index (χ1v) is 9.62. The van der Waals surface area contributed by atoms with Crippen molar-refractivity contribution in [3.05, 3.63) is 66.6 Å². The first-order chi connectivity index (χ1) is 14.1. The number of nitrogens with one attached hydrogen (secondary N) is 2. The van der Waals surface area contributed by atoms with Gasteiger partial charge < -0.3 is 15.5 Å². The third kappa shape index (κ3) is 4.20. The second-order valence-electron chi connectivity index (χ2n) is 7.23. The zero-order valence-electron chi connectivity index (χ0n) is 16.9. The maximum Gasteiger partial charge on any atom is 0.168 e. The molecule has 0 saturated carbocycles. The molecule has 0 aliphatic carbocycles. The van der Waals surface area contributed by atoms with Gasteiger partial charge in [-0.1, -0.05) is 18.2 Å². The van der Waals surface area contributed by atoms with Crippen molar-refractivity contribution in [2.75, 3.05) is 37.8 Å². The summed E-state index contributed by atoms with van der Waals surface area (Å²) in [7, 11) is 4.13. The summed E-state index contributed by atoms with van der Waals surface area (Å²) in [5.74, 6) is 0.748. The Labute approximate surface area is 170 Å². The Balaban J connectivity index is 1.58. The fraction of sp³-hybridized carbons (Fsp3) is 0.227. The zero-order valence-corrected chi connectivity index (χ0v) is 16.9. The van der Waals surface area contributed by atoms with Crippen molar-refractivity contribution in [2.24, 2.45) is 0 Å². The van der Waals surface area contributed by atoms with Gasteiger partial charge in [-0.25, -0.2) is 14.6 Å². The molecule has 2 N–H and O–H groups in total. The van der Waals surface area contributed by atoms with Gasteiger partial charge in [-0.2, -0.15) is 5.10 Å². The summed E-state index contributed by atoms with van der Waals surface area (Å²) in [6.45, 7) is 3.95. The lowest BCUT2D eigenvalue weighted by molar-refractivity contribution is 0.425. The molecule has 2 aromatic heterocycles. The topological polar surface area (TPSA) is 70.9 Å². The van der Waals surface area contributed by atoms with Crippen LogP contribution in [0.15, 0.2) is 61.1 Å². The molecular weight excluding hydrogens is 362 g/mol. The normalized spacial score (nSPS) is 11.2. The lowest BCUT2D eigenvalue weighted by atomic mass is 10.2. The van der Waals surface area contributed by atoms with Gasteiger partial charge >= 0.3 is 0 Å². The van der Waals surface area contributed by atoms with Crippen LogP contribution >= 0.6 is 0 Å². The molecule has 29 heavy (non-hydrogen) atoms. The molecule has 7 nitrogen and oxygen atoms in total. The second-order valence-corrected chi connectivity index (χ2v) is 7.23. The number of hydrogen-bond acceptors (Lipinski definition) is 6. The fourth-order valence-electron chi connectivity index (χ4n) is 3.12. The molecule has 0 aliphatic rings. The van der Waals surface area contributed by atoms with E-state index in [-0.39, 0.29) is 0 Å². The molecule has 2 aromatic carbocycles. The van der Waals surface area contributed by atoms with Gasteiger partial charge in [-0.3, -0.25) is 0 Å². The Morgan fingerprint density at radius 2 is 1.79 bits per heavy atom. The van der Waals surface area contributed by atoms with Gasteiger partial charge in [0.25, 0.3) is 0 Å². The predicted octanol–water partition coefficient (Wildman–Crippen LogP) is 3.84. The predicted molar refractivity (Wildman–Crippen MR) is 118 cm³/mol. The van der Waals surface area contributed by atoms with Crippen LogP contribution in [0, 0.1) is 6.92 Å². The summed E-state index contributed by atoms with van der Waals surface area (Å²) in [4.78, 5) is 11.0. The van der Waals surface area contributed by atoms with Crippen LogP contribution in [0.1, 0.15) is 5.56 Å². The molecule has 0 atom stereocenters. The third-order valence-corrected chi connectivity index (χ3v) is 4.76. The van der Waals surface area contributed by atoms with Crippen molar-refractivity contribution in [3.63, 3.8) is 0 Å². The maximum absolute atomic E-state index is 4.55. The van der Waals surface area contributed by atoms with Crippen molar-refractivity contribution in [2.45, 2.75) is 6.92 Å². The van der Waals surface area contributed by atoms with Crippen LogP contribution in [-0.4, -0.2) is 51.8 Å². The lowest BCUT2D eigenvalue weighted by Crippen LogP contribution is -2.20. The Kier molecular flexibility index (Phi) is 5.39. The maximum atomic E-state index is 4.55. The monoisotopic (exact) mass is 387 g/mol. The molecule has 0 fully saturated rings. The van der Waals surface area contributed by atoms with Crippen LogP contribution in [0.5, 0.6) is 0 Å². The van der Waals surface area contributed by atoms with E-state index in [1.54, 1.807) is 12.5 Å². The van der Waals surface area contributed by atoms with E-state index in [9.17, 15) is 0 Å². The highest BCUT2D eigenvalue weighted by molar-refractivity contribution is 5.89. The van der Waals surface area contributed by atoms with E-state index in [1.165, 1.54) is 0 Å². The number of likely N-dealkylation sites (N-methyl/N-ethyl adjacent to an activating group) is 1. The van der Waals surface area contributed by atoms with Gasteiger partial charge in [0.1, 0.15) is 12.1 Å². The number of aromatic nitrogens is 4.